The molecular weight excluding hydrogens is 294 g/mol. The smallest absolute Gasteiger partial charge is 0.480 e. The first-order valence-electron chi connectivity index (χ1n) is 6.20. The van der Waals surface area contributed by atoms with Crippen LogP contribution in [0.1, 0.15) is 18.9 Å². The van der Waals surface area contributed by atoms with E-state index in [1.165, 1.54) is 4.90 Å². The van der Waals surface area contributed by atoms with E-state index in [1.54, 1.807) is 6.92 Å². The zero-order chi connectivity index (χ0) is 16.0. The maximum Gasteiger partial charge on any atom is 0.573 e. The molecule has 21 heavy (non-hydrogen) atoms. The van der Waals surface area contributed by atoms with Crippen LogP contribution in [0.2, 0.25) is 0 Å². The third kappa shape index (κ3) is 5.99. The number of rotatable bonds is 7. The second-order valence-electron chi connectivity index (χ2n) is 4.37. The molecule has 1 rings (SSSR count). The van der Waals surface area contributed by atoms with E-state index < -0.39 is 30.4 Å². The van der Waals surface area contributed by atoms with Crippen molar-refractivity contribution in [2.45, 2.75) is 26.3 Å². The second-order valence-corrected chi connectivity index (χ2v) is 4.37. The summed E-state index contributed by atoms with van der Waals surface area (Å²) in [6.07, 6.45) is -4.36. The maximum absolute atomic E-state index is 13.7. The van der Waals surface area contributed by atoms with Crippen LogP contribution in [-0.4, -0.2) is 35.4 Å². The second kappa shape index (κ2) is 7.26. The fourth-order valence-corrected chi connectivity index (χ4v) is 1.86. The van der Waals surface area contributed by atoms with Gasteiger partial charge in [0.25, 0.3) is 0 Å². The van der Waals surface area contributed by atoms with E-state index in [2.05, 4.69) is 4.74 Å². The normalized spacial score (nSPS) is 11.7. The van der Waals surface area contributed by atoms with Gasteiger partial charge in [-0.1, -0.05) is 13.0 Å². The highest BCUT2D eigenvalue weighted by Crippen LogP contribution is 2.29. The number of nitrogens with zero attached hydrogens (tertiary/aromatic N) is 1. The Morgan fingerprint density at radius 1 is 1.38 bits per heavy atom. The molecule has 0 fully saturated rings. The van der Waals surface area contributed by atoms with Gasteiger partial charge >= 0.3 is 12.3 Å². The first-order chi connectivity index (χ1) is 9.73. The number of halogens is 4. The van der Waals surface area contributed by atoms with Gasteiger partial charge in [-0.2, -0.15) is 0 Å². The van der Waals surface area contributed by atoms with Gasteiger partial charge in [0.2, 0.25) is 0 Å². The van der Waals surface area contributed by atoms with Gasteiger partial charge in [0.1, 0.15) is 11.6 Å². The Hall–Kier alpha value is -1.83. The molecule has 0 saturated heterocycles. The molecule has 8 heteroatoms. The summed E-state index contributed by atoms with van der Waals surface area (Å²) in [5.41, 5.74) is -0.315. The molecule has 0 heterocycles. The van der Waals surface area contributed by atoms with Crippen molar-refractivity contribution in [3.63, 3.8) is 0 Å². The van der Waals surface area contributed by atoms with Gasteiger partial charge in [0.05, 0.1) is 6.54 Å². The molecular formula is C13H15F4NO3. The molecule has 0 aliphatic carbocycles. The molecule has 0 spiro atoms. The molecule has 1 N–H and O–H groups in total. The Morgan fingerprint density at radius 2 is 2.05 bits per heavy atom. The Morgan fingerprint density at radius 3 is 2.57 bits per heavy atom. The summed E-state index contributed by atoms with van der Waals surface area (Å²) in [6.45, 7) is 1.42. The predicted molar refractivity (Wildman–Crippen MR) is 66.3 cm³/mol. The Labute approximate surface area is 118 Å². The number of benzene rings is 1. The summed E-state index contributed by atoms with van der Waals surface area (Å²) in [5.74, 6) is -2.67. The molecule has 4 nitrogen and oxygen atoms in total. The van der Waals surface area contributed by atoms with E-state index in [-0.39, 0.29) is 12.1 Å². The topological polar surface area (TPSA) is 49.8 Å². The fraction of sp³-hybridized carbons (Fsp3) is 0.462. The van der Waals surface area contributed by atoms with Crippen LogP contribution >= 0.6 is 0 Å². The summed E-state index contributed by atoms with van der Waals surface area (Å²) in [7, 11) is 0. The number of aliphatic carboxylic acids is 1. The molecule has 118 valence electrons. The lowest BCUT2D eigenvalue weighted by Gasteiger charge is -2.22. The molecule has 0 saturated carbocycles. The highest BCUT2D eigenvalue weighted by molar-refractivity contribution is 5.69. The average molecular weight is 309 g/mol. The average Bonchev–Trinajstić information content (AvgIpc) is 2.31. The van der Waals surface area contributed by atoms with Crippen molar-refractivity contribution >= 4 is 5.97 Å². The van der Waals surface area contributed by atoms with Crippen LogP contribution in [0.3, 0.4) is 0 Å². The summed E-state index contributed by atoms with van der Waals surface area (Å²) in [6, 6.07) is 3.10. The SMILES string of the molecule is CCCN(CC(=O)O)Cc1c(F)cccc1OC(F)(F)F. The lowest BCUT2D eigenvalue weighted by molar-refractivity contribution is -0.275. The van der Waals surface area contributed by atoms with E-state index in [0.29, 0.717) is 13.0 Å². The molecule has 0 aliphatic heterocycles. The number of alkyl halides is 3. The largest absolute Gasteiger partial charge is 0.573 e. The van der Waals surface area contributed by atoms with Crippen molar-refractivity contribution in [1.82, 2.24) is 4.90 Å². The minimum Gasteiger partial charge on any atom is -0.480 e. The lowest BCUT2D eigenvalue weighted by atomic mass is 10.1. The van der Waals surface area contributed by atoms with E-state index in [4.69, 9.17) is 5.11 Å². The molecule has 0 amide bonds. The number of hydrogen-bond acceptors (Lipinski definition) is 3. The molecule has 0 atom stereocenters. The standard InChI is InChI=1S/C13H15F4NO3/c1-2-6-18(8-12(19)20)7-9-10(14)4-3-5-11(9)21-13(15,16)17/h3-5H,2,6-8H2,1H3,(H,19,20). The Kier molecular flexibility index (Phi) is 5.95. The van der Waals surface area contributed by atoms with Gasteiger partial charge in [0, 0.05) is 12.1 Å². The number of carboxylic acids is 1. The van der Waals surface area contributed by atoms with Crippen molar-refractivity contribution in [3.05, 3.63) is 29.6 Å². The van der Waals surface area contributed by atoms with E-state index in [9.17, 15) is 22.4 Å². The Bertz CT molecular complexity index is 491. The highest BCUT2D eigenvalue weighted by atomic mass is 19.4. The van der Waals surface area contributed by atoms with E-state index in [0.717, 1.165) is 18.2 Å². The van der Waals surface area contributed by atoms with E-state index >= 15 is 0 Å². The molecule has 1 aromatic rings. The van der Waals surface area contributed by atoms with E-state index in [1.807, 2.05) is 0 Å². The minimum absolute atomic E-state index is 0.280. The van der Waals surface area contributed by atoms with Crippen LogP contribution in [0, 0.1) is 5.82 Å². The van der Waals surface area contributed by atoms with Gasteiger partial charge in [-0.05, 0) is 25.1 Å². The maximum atomic E-state index is 13.7. The van der Waals surface area contributed by atoms with Crippen LogP contribution in [-0.2, 0) is 11.3 Å². The van der Waals surface area contributed by atoms with Crippen LogP contribution in [0.5, 0.6) is 5.75 Å². The molecule has 1 aromatic carbocycles. The van der Waals surface area contributed by atoms with Crippen LogP contribution in [0.15, 0.2) is 18.2 Å². The fourth-order valence-electron chi connectivity index (χ4n) is 1.86. The number of carbonyl (C=O) groups is 1. The Balaban J connectivity index is 3.01. The quantitative estimate of drug-likeness (QED) is 0.787. The monoisotopic (exact) mass is 309 g/mol. The van der Waals surface area contributed by atoms with Gasteiger partial charge in [-0.3, -0.25) is 9.69 Å². The van der Waals surface area contributed by atoms with Crippen LogP contribution < -0.4 is 4.74 Å². The van der Waals surface area contributed by atoms with Crippen molar-refractivity contribution in [3.8, 4) is 5.75 Å². The number of carboxylic acid groups (broad SMARTS) is 1. The van der Waals surface area contributed by atoms with Gasteiger partial charge < -0.3 is 9.84 Å². The number of hydrogen-bond donors (Lipinski definition) is 1. The number of ether oxygens (including phenoxy) is 1. The van der Waals surface area contributed by atoms with Crippen molar-refractivity contribution < 1.29 is 32.2 Å². The summed E-state index contributed by atoms with van der Waals surface area (Å²) in [5, 5.41) is 8.77. The first-order valence-corrected chi connectivity index (χ1v) is 6.20. The lowest BCUT2D eigenvalue weighted by Crippen LogP contribution is -2.31. The van der Waals surface area contributed by atoms with Crippen molar-refractivity contribution in [1.29, 1.82) is 0 Å². The van der Waals surface area contributed by atoms with Gasteiger partial charge in [-0.25, -0.2) is 4.39 Å². The predicted octanol–water partition coefficient (Wildman–Crippen LogP) is 3.02. The summed E-state index contributed by atoms with van der Waals surface area (Å²) < 4.78 is 54.4. The van der Waals surface area contributed by atoms with Crippen LogP contribution in [0.4, 0.5) is 17.6 Å². The van der Waals surface area contributed by atoms with Gasteiger partial charge in [-0.15, -0.1) is 13.2 Å². The molecule has 0 aromatic heterocycles. The molecule has 0 radical (unpaired) electrons. The van der Waals surface area contributed by atoms with Crippen molar-refractivity contribution in [2.75, 3.05) is 13.1 Å². The molecule has 0 bridgehead atoms. The summed E-state index contributed by atoms with van der Waals surface area (Å²) >= 11 is 0. The molecule has 0 aliphatic rings. The first kappa shape index (κ1) is 17.2. The zero-order valence-corrected chi connectivity index (χ0v) is 11.3. The van der Waals surface area contributed by atoms with Crippen LogP contribution in [0.25, 0.3) is 0 Å². The third-order valence-electron chi connectivity index (χ3n) is 2.58. The minimum atomic E-state index is -4.94. The zero-order valence-electron chi connectivity index (χ0n) is 11.3. The summed E-state index contributed by atoms with van der Waals surface area (Å²) in [4.78, 5) is 12.1. The molecule has 0 unspecified atom stereocenters. The van der Waals surface area contributed by atoms with Crippen molar-refractivity contribution in [2.24, 2.45) is 0 Å². The third-order valence-corrected chi connectivity index (χ3v) is 2.58. The van der Waals surface area contributed by atoms with Gasteiger partial charge in [0.15, 0.2) is 0 Å². The highest BCUT2D eigenvalue weighted by Gasteiger charge is 2.32.